The Morgan fingerprint density at radius 3 is 2.03 bits per heavy atom. The third-order valence-electron chi connectivity index (χ3n) is 6.13. The number of likely N-dealkylation sites (N-methyl/N-ethyl adjacent to an activating group) is 1. The smallest absolute Gasteiger partial charge is 0.244 e. The zero-order chi connectivity index (χ0) is 27.2. The number of rotatable bonds is 10. The Bertz CT molecular complexity index is 1340. The fourth-order valence-corrected chi connectivity index (χ4v) is 5.27. The number of benzene rings is 3. The van der Waals surface area contributed by atoms with E-state index in [1.807, 2.05) is 81.4 Å². The van der Waals surface area contributed by atoms with Crippen LogP contribution in [-0.4, -0.2) is 51.0 Å². The van der Waals surface area contributed by atoms with E-state index in [0.717, 1.165) is 38.4 Å². The van der Waals surface area contributed by atoms with Crippen LogP contribution >= 0.6 is 0 Å². The lowest BCUT2D eigenvalue weighted by Gasteiger charge is -2.33. The van der Waals surface area contributed by atoms with E-state index in [0.29, 0.717) is 12.1 Å². The molecule has 196 valence electrons. The lowest BCUT2D eigenvalue weighted by atomic mass is 10.0. The van der Waals surface area contributed by atoms with Gasteiger partial charge in [0, 0.05) is 20.0 Å². The molecular formula is C29H35N3O4S. The standard InChI is InChI=1S/C29H35N3O4S/c1-21-10-9-13-25(15-21)19-31(27(29(34)30-4)18-24-11-7-6-8-12-24)28(33)20-32(37(5,35)36)26-16-22(2)14-23(3)17-26/h6-17,27H,18-20H2,1-5H3,(H,30,34)/t27-/m1/s1. The highest BCUT2D eigenvalue weighted by Gasteiger charge is 2.32. The van der Waals surface area contributed by atoms with Gasteiger partial charge in [-0.25, -0.2) is 8.42 Å². The number of carbonyl (C=O) groups excluding carboxylic acids is 2. The summed E-state index contributed by atoms with van der Waals surface area (Å²) in [6.07, 6.45) is 1.38. The highest BCUT2D eigenvalue weighted by molar-refractivity contribution is 7.92. The molecule has 1 N–H and O–H groups in total. The topological polar surface area (TPSA) is 86.8 Å². The maximum Gasteiger partial charge on any atom is 0.244 e. The average Bonchev–Trinajstić information content (AvgIpc) is 2.83. The minimum absolute atomic E-state index is 0.163. The molecule has 2 amide bonds. The average molecular weight is 522 g/mol. The second-order valence-corrected chi connectivity index (χ2v) is 11.4. The van der Waals surface area contributed by atoms with Crippen molar-refractivity contribution in [3.8, 4) is 0 Å². The second kappa shape index (κ2) is 12.1. The van der Waals surface area contributed by atoms with Crippen molar-refractivity contribution in [2.75, 3.05) is 24.2 Å². The molecule has 0 aliphatic rings. The summed E-state index contributed by atoms with van der Waals surface area (Å²) >= 11 is 0. The summed E-state index contributed by atoms with van der Waals surface area (Å²) in [5.41, 5.74) is 4.97. The summed E-state index contributed by atoms with van der Waals surface area (Å²) in [4.78, 5) is 28.5. The number of carbonyl (C=O) groups is 2. The highest BCUT2D eigenvalue weighted by atomic mass is 32.2. The summed E-state index contributed by atoms with van der Waals surface area (Å²) in [7, 11) is -2.25. The maximum absolute atomic E-state index is 13.9. The van der Waals surface area contributed by atoms with Gasteiger partial charge in [0.2, 0.25) is 21.8 Å². The molecule has 0 unspecified atom stereocenters. The first-order chi connectivity index (χ1) is 17.5. The predicted octanol–water partition coefficient (Wildman–Crippen LogP) is 3.76. The normalized spacial score (nSPS) is 12.0. The first-order valence-electron chi connectivity index (χ1n) is 12.1. The van der Waals surface area contributed by atoms with Crippen molar-refractivity contribution in [1.29, 1.82) is 0 Å². The van der Waals surface area contributed by atoms with Gasteiger partial charge in [-0.2, -0.15) is 0 Å². The summed E-state index contributed by atoms with van der Waals surface area (Å²) in [6, 6.07) is 21.8. The number of anilines is 1. The zero-order valence-corrected chi connectivity index (χ0v) is 22.9. The van der Waals surface area contributed by atoms with E-state index < -0.39 is 28.5 Å². The number of hydrogen-bond acceptors (Lipinski definition) is 4. The monoisotopic (exact) mass is 521 g/mol. The third kappa shape index (κ3) is 7.67. The predicted molar refractivity (Wildman–Crippen MR) is 148 cm³/mol. The van der Waals surface area contributed by atoms with Gasteiger partial charge in [-0.3, -0.25) is 13.9 Å². The van der Waals surface area contributed by atoms with E-state index in [1.54, 1.807) is 12.1 Å². The number of nitrogens with zero attached hydrogens (tertiary/aromatic N) is 2. The van der Waals surface area contributed by atoms with Crippen molar-refractivity contribution >= 4 is 27.5 Å². The Morgan fingerprint density at radius 1 is 0.838 bits per heavy atom. The SMILES string of the molecule is CNC(=O)[C@@H](Cc1ccccc1)N(Cc1cccc(C)c1)C(=O)CN(c1cc(C)cc(C)c1)S(C)(=O)=O. The number of nitrogens with one attached hydrogen (secondary N) is 1. The molecule has 3 aromatic carbocycles. The largest absolute Gasteiger partial charge is 0.357 e. The van der Waals surface area contributed by atoms with Crippen LogP contribution < -0.4 is 9.62 Å². The fourth-order valence-electron chi connectivity index (χ4n) is 4.44. The van der Waals surface area contributed by atoms with Gasteiger partial charge >= 0.3 is 0 Å². The second-order valence-electron chi connectivity index (χ2n) is 9.45. The lowest BCUT2D eigenvalue weighted by molar-refractivity contribution is -0.139. The Hall–Kier alpha value is -3.65. The van der Waals surface area contributed by atoms with Crippen LogP contribution in [0.2, 0.25) is 0 Å². The summed E-state index contributed by atoms with van der Waals surface area (Å²) in [5, 5.41) is 2.68. The zero-order valence-electron chi connectivity index (χ0n) is 22.1. The molecule has 0 bridgehead atoms. The number of amides is 2. The first kappa shape index (κ1) is 27.9. The molecule has 0 saturated carbocycles. The van der Waals surface area contributed by atoms with Gasteiger partial charge in [0.25, 0.3) is 0 Å². The minimum atomic E-state index is -3.78. The Balaban J connectivity index is 2.04. The van der Waals surface area contributed by atoms with E-state index in [4.69, 9.17) is 0 Å². The van der Waals surface area contributed by atoms with Gasteiger partial charge in [-0.1, -0.05) is 66.2 Å². The van der Waals surface area contributed by atoms with Crippen LogP contribution in [0.1, 0.15) is 27.8 Å². The Labute approximate surface area is 220 Å². The Morgan fingerprint density at radius 2 is 1.46 bits per heavy atom. The highest BCUT2D eigenvalue weighted by Crippen LogP contribution is 2.23. The van der Waals surface area contributed by atoms with Gasteiger partial charge in [0.15, 0.2) is 0 Å². The van der Waals surface area contributed by atoms with Gasteiger partial charge in [0.05, 0.1) is 11.9 Å². The molecule has 3 aromatic rings. The number of aryl methyl sites for hydroxylation is 3. The van der Waals surface area contributed by atoms with E-state index in [9.17, 15) is 18.0 Å². The third-order valence-corrected chi connectivity index (χ3v) is 7.27. The van der Waals surface area contributed by atoms with Crippen LogP contribution in [0.4, 0.5) is 5.69 Å². The molecule has 0 aliphatic carbocycles. The van der Waals surface area contributed by atoms with E-state index in [1.165, 1.54) is 11.9 Å². The summed E-state index contributed by atoms with van der Waals surface area (Å²) < 4.78 is 26.8. The van der Waals surface area contributed by atoms with Gasteiger partial charge in [-0.05, 0) is 55.2 Å². The molecular weight excluding hydrogens is 486 g/mol. The fraction of sp³-hybridized carbons (Fsp3) is 0.310. The Kier molecular flexibility index (Phi) is 9.10. The number of hydrogen-bond donors (Lipinski definition) is 1. The molecule has 3 rings (SSSR count). The van der Waals surface area contributed by atoms with Crippen LogP contribution in [0.15, 0.2) is 72.8 Å². The molecule has 0 fully saturated rings. The maximum atomic E-state index is 13.9. The molecule has 0 radical (unpaired) electrons. The first-order valence-corrected chi connectivity index (χ1v) is 14.0. The molecule has 0 spiro atoms. The molecule has 7 nitrogen and oxygen atoms in total. The quantitative estimate of drug-likeness (QED) is 0.440. The summed E-state index contributed by atoms with van der Waals surface area (Å²) in [5.74, 6) is -0.780. The molecule has 8 heteroatoms. The molecule has 0 aliphatic heterocycles. The van der Waals surface area contributed by atoms with Gasteiger partial charge < -0.3 is 10.2 Å². The van der Waals surface area contributed by atoms with Crippen LogP contribution in [0.25, 0.3) is 0 Å². The molecule has 37 heavy (non-hydrogen) atoms. The van der Waals surface area contributed by atoms with Crippen molar-refractivity contribution in [2.24, 2.45) is 0 Å². The molecule has 0 aromatic heterocycles. The van der Waals surface area contributed by atoms with Crippen LogP contribution in [0, 0.1) is 20.8 Å². The number of sulfonamides is 1. The van der Waals surface area contributed by atoms with E-state index >= 15 is 0 Å². The van der Waals surface area contributed by atoms with Crippen LogP contribution in [0.5, 0.6) is 0 Å². The molecule has 1 atom stereocenters. The molecule has 0 saturated heterocycles. The molecule has 0 heterocycles. The van der Waals surface area contributed by atoms with E-state index in [2.05, 4.69) is 5.32 Å². The van der Waals surface area contributed by atoms with Crippen molar-refractivity contribution in [3.63, 3.8) is 0 Å². The van der Waals surface area contributed by atoms with Crippen LogP contribution in [0.3, 0.4) is 0 Å². The van der Waals surface area contributed by atoms with Crippen molar-refractivity contribution in [3.05, 3.63) is 101 Å². The van der Waals surface area contributed by atoms with Crippen LogP contribution in [-0.2, 0) is 32.6 Å². The van der Waals surface area contributed by atoms with E-state index in [-0.39, 0.29) is 12.5 Å². The van der Waals surface area contributed by atoms with Gasteiger partial charge in [0.1, 0.15) is 12.6 Å². The van der Waals surface area contributed by atoms with Crippen molar-refractivity contribution in [1.82, 2.24) is 10.2 Å². The van der Waals surface area contributed by atoms with Gasteiger partial charge in [-0.15, -0.1) is 0 Å². The minimum Gasteiger partial charge on any atom is -0.357 e. The van der Waals surface area contributed by atoms with Crippen molar-refractivity contribution < 1.29 is 18.0 Å². The summed E-state index contributed by atoms with van der Waals surface area (Å²) in [6.45, 7) is 5.46. The van der Waals surface area contributed by atoms with Crippen molar-refractivity contribution in [2.45, 2.75) is 39.8 Å². The lowest BCUT2D eigenvalue weighted by Crippen LogP contribution is -2.52.